The standard InChI is InChI=1S/C24H27NO3S/c1-16-14-15-29-23(16)21-20(19(26)13-12-17-8-4-2-5-9-17)22(27)24(28)25(21)18-10-6-3-7-11-18/h2,4-5,8-9,14-15,18,21,27H,3,6-7,10-13H2,1H3. The Morgan fingerprint density at radius 1 is 1.14 bits per heavy atom. The van der Waals surface area contributed by atoms with Gasteiger partial charge in [-0.2, -0.15) is 0 Å². The van der Waals surface area contributed by atoms with Crippen molar-refractivity contribution in [3.05, 3.63) is 69.1 Å². The summed E-state index contributed by atoms with van der Waals surface area (Å²) in [6.45, 7) is 2.01. The molecule has 4 rings (SSSR count). The number of carbonyl (C=O) groups excluding carboxylic acids is 2. The lowest BCUT2D eigenvalue weighted by molar-refractivity contribution is -0.132. The Kier molecular flexibility index (Phi) is 5.86. The molecule has 1 aromatic heterocycles. The number of thiophene rings is 1. The Morgan fingerprint density at radius 2 is 1.86 bits per heavy atom. The summed E-state index contributed by atoms with van der Waals surface area (Å²) in [5.74, 6) is -0.847. The van der Waals surface area contributed by atoms with E-state index in [2.05, 4.69) is 0 Å². The van der Waals surface area contributed by atoms with Crippen molar-refractivity contribution in [2.45, 2.75) is 64.0 Å². The molecule has 1 unspecified atom stereocenters. The van der Waals surface area contributed by atoms with E-state index in [1.165, 1.54) is 6.42 Å². The van der Waals surface area contributed by atoms with Crippen molar-refractivity contribution in [3.63, 3.8) is 0 Å². The van der Waals surface area contributed by atoms with Crippen LogP contribution < -0.4 is 0 Å². The smallest absolute Gasteiger partial charge is 0.290 e. The first-order valence-electron chi connectivity index (χ1n) is 10.4. The number of aliphatic hydroxyl groups excluding tert-OH is 1. The molecule has 1 aromatic carbocycles. The maximum atomic E-state index is 13.2. The lowest BCUT2D eigenvalue weighted by atomic mass is 9.91. The predicted octanol–water partition coefficient (Wildman–Crippen LogP) is 5.29. The molecule has 1 aliphatic carbocycles. The van der Waals surface area contributed by atoms with Crippen LogP contribution in [0.5, 0.6) is 0 Å². The zero-order chi connectivity index (χ0) is 20.4. The SMILES string of the molecule is Cc1ccsc1C1C(C(=O)CCc2ccccc2)=C(O)C(=O)N1C1CCCCC1. The van der Waals surface area contributed by atoms with E-state index in [1.807, 2.05) is 53.6 Å². The van der Waals surface area contributed by atoms with E-state index in [1.54, 1.807) is 11.3 Å². The molecule has 0 spiro atoms. The van der Waals surface area contributed by atoms with Crippen LogP contribution in [0.3, 0.4) is 0 Å². The third kappa shape index (κ3) is 3.88. The second-order valence-corrected chi connectivity index (χ2v) is 8.99. The summed E-state index contributed by atoms with van der Waals surface area (Å²) in [5.41, 5.74) is 2.44. The lowest BCUT2D eigenvalue weighted by Crippen LogP contribution is -2.41. The van der Waals surface area contributed by atoms with Crippen LogP contribution in [0.4, 0.5) is 0 Å². The van der Waals surface area contributed by atoms with Gasteiger partial charge in [0.15, 0.2) is 11.5 Å². The number of benzene rings is 1. The summed E-state index contributed by atoms with van der Waals surface area (Å²) >= 11 is 1.56. The van der Waals surface area contributed by atoms with Gasteiger partial charge in [0.2, 0.25) is 0 Å². The minimum atomic E-state index is -0.450. The second-order valence-electron chi connectivity index (χ2n) is 8.05. The number of Topliss-reactive ketones (excluding diaryl/α,β-unsaturated/α-hetero) is 1. The van der Waals surface area contributed by atoms with Crippen LogP contribution in [-0.2, 0) is 16.0 Å². The number of rotatable bonds is 6. The van der Waals surface area contributed by atoms with E-state index in [9.17, 15) is 14.7 Å². The average Bonchev–Trinajstić information content (AvgIpc) is 3.28. The number of nitrogens with zero attached hydrogens (tertiary/aromatic N) is 1. The monoisotopic (exact) mass is 409 g/mol. The summed E-state index contributed by atoms with van der Waals surface area (Å²) in [4.78, 5) is 29.1. The average molecular weight is 410 g/mol. The molecule has 2 heterocycles. The molecule has 1 saturated carbocycles. The van der Waals surface area contributed by atoms with Crippen molar-refractivity contribution in [1.29, 1.82) is 0 Å². The number of carbonyl (C=O) groups is 2. The van der Waals surface area contributed by atoms with E-state index >= 15 is 0 Å². The van der Waals surface area contributed by atoms with E-state index in [0.29, 0.717) is 12.0 Å². The molecule has 1 N–H and O–H groups in total. The third-order valence-electron chi connectivity index (χ3n) is 6.15. The van der Waals surface area contributed by atoms with E-state index in [4.69, 9.17) is 0 Å². The molecule has 4 nitrogen and oxygen atoms in total. The van der Waals surface area contributed by atoms with Gasteiger partial charge in [-0.1, -0.05) is 49.6 Å². The van der Waals surface area contributed by atoms with Gasteiger partial charge < -0.3 is 10.0 Å². The molecule has 1 atom stereocenters. The molecule has 2 aromatic rings. The third-order valence-corrected chi connectivity index (χ3v) is 7.22. The first kappa shape index (κ1) is 19.9. The Balaban J connectivity index is 1.65. The topological polar surface area (TPSA) is 57.6 Å². The number of ketones is 1. The Morgan fingerprint density at radius 3 is 2.52 bits per heavy atom. The van der Waals surface area contributed by atoms with Gasteiger partial charge in [0.1, 0.15) is 0 Å². The molecule has 29 heavy (non-hydrogen) atoms. The summed E-state index contributed by atoms with van der Waals surface area (Å²) in [6.07, 6.45) is 6.12. The van der Waals surface area contributed by atoms with Crippen molar-refractivity contribution in [2.75, 3.05) is 0 Å². The maximum Gasteiger partial charge on any atom is 0.290 e. The fourth-order valence-corrected chi connectivity index (χ4v) is 5.64. The van der Waals surface area contributed by atoms with Crippen LogP contribution in [0.15, 0.2) is 53.1 Å². The van der Waals surface area contributed by atoms with Crippen molar-refractivity contribution in [1.82, 2.24) is 4.90 Å². The van der Waals surface area contributed by atoms with Gasteiger partial charge in [-0.15, -0.1) is 11.3 Å². The minimum absolute atomic E-state index is 0.0873. The number of aliphatic hydroxyl groups is 1. The Hall–Kier alpha value is -2.40. The van der Waals surface area contributed by atoms with E-state index < -0.39 is 6.04 Å². The molecule has 2 aliphatic rings. The molecule has 1 amide bonds. The van der Waals surface area contributed by atoms with Crippen molar-refractivity contribution in [2.24, 2.45) is 0 Å². The lowest BCUT2D eigenvalue weighted by Gasteiger charge is -2.36. The van der Waals surface area contributed by atoms with Gasteiger partial charge in [0.05, 0.1) is 11.6 Å². The number of hydrogen-bond acceptors (Lipinski definition) is 4. The van der Waals surface area contributed by atoms with Crippen LogP contribution in [-0.4, -0.2) is 27.7 Å². The van der Waals surface area contributed by atoms with Crippen LogP contribution in [0, 0.1) is 6.92 Å². The second kappa shape index (κ2) is 8.54. The van der Waals surface area contributed by atoms with Gasteiger partial charge in [-0.05, 0) is 48.8 Å². The van der Waals surface area contributed by atoms with Crippen LogP contribution in [0.2, 0.25) is 0 Å². The van der Waals surface area contributed by atoms with E-state index in [-0.39, 0.29) is 29.9 Å². The highest BCUT2D eigenvalue weighted by atomic mass is 32.1. The van der Waals surface area contributed by atoms with Crippen molar-refractivity contribution in [3.8, 4) is 0 Å². The zero-order valence-electron chi connectivity index (χ0n) is 16.8. The van der Waals surface area contributed by atoms with Crippen molar-refractivity contribution >= 4 is 23.0 Å². The normalized spacial score (nSPS) is 20.5. The first-order valence-corrected chi connectivity index (χ1v) is 11.3. The van der Waals surface area contributed by atoms with Crippen molar-refractivity contribution < 1.29 is 14.7 Å². The molecule has 152 valence electrons. The highest BCUT2D eigenvalue weighted by Gasteiger charge is 2.47. The minimum Gasteiger partial charge on any atom is -0.503 e. The molecular formula is C24H27NO3S. The first-order chi connectivity index (χ1) is 14.1. The van der Waals surface area contributed by atoms with E-state index in [0.717, 1.165) is 41.7 Å². The maximum absolute atomic E-state index is 13.2. The van der Waals surface area contributed by atoms with Gasteiger partial charge in [-0.25, -0.2) is 0 Å². The number of aryl methyl sites for hydroxylation is 2. The Labute approximate surface area is 175 Å². The molecular weight excluding hydrogens is 382 g/mol. The summed E-state index contributed by atoms with van der Waals surface area (Å²) < 4.78 is 0. The number of amides is 1. The summed E-state index contributed by atoms with van der Waals surface area (Å²) in [7, 11) is 0. The number of hydrogen-bond donors (Lipinski definition) is 1. The van der Waals surface area contributed by atoms with Crippen LogP contribution >= 0.6 is 11.3 Å². The van der Waals surface area contributed by atoms with Gasteiger partial charge >= 0.3 is 0 Å². The summed E-state index contributed by atoms with van der Waals surface area (Å²) in [5, 5.41) is 12.8. The Bertz CT molecular complexity index is 925. The summed E-state index contributed by atoms with van der Waals surface area (Å²) in [6, 6.07) is 11.5. The fourth-order valence-electron chi connectivity index (χ4n) is 4.60. The highest BCUT2D eigenvalue weighted by Crippen LogP contribution is 2.44. The molecule has 5 heteroatoms. The molecule has 1 aliphatic heterocycles. The van der Waals surface area contributed by atoms with Crippen LogP contribution in [0.25, 0.3) is 0 Å². The van der Waals surface area contributed by atoms with Crippen LogP contribution in [0.1, 0.15) is 60.6 Å². The fraction of sp³-hybridized carbons (Fsp3) is 0.417. The molecule has 1 fully saturated rings. The highest BCUT2D eigenvalue weighted by molar-refractivity contribution is 7.10. The zero-order valence-corrected chi connectivity index (χ0v) is 17.6. The molecule has 0 bridgehead atoms. The molecule has 0 saturated heterocycles. The largest absolute Gasteiger partial charge is 0.503 e. The quantitative estimate of drug-likeness (QED) is 0.705. The predicted molar refractivity (Wildman–Crippen MR) is 115 cm³/mol. The van der Waals surface area contributed by atoms with Gasteiger partial charge in [0.25, 0.3) is 5.91 Å². The van der Waals surface area contributed by atoms with Gasteiger partial charge in [0, 0.05) is 17.3 Å². The van der Waals surface area contributed by atoms with Gasteiger partial charge in [-0.3, -0.25) is 9.59 Å². The molecule has 0 radical (unpaired) electrons.